The van der Waals surface area contributed by atoms with Crippen LogP contribution in [0, 0.1) is 0 Å². The number of benzene rings is 1. The number of nitrogens with one attached hydrogen (secondary N) is 1. The third kappa shape index (κ3) is 1.22. The lowest BCUT2D eigenvalue weighted by atomic mass is 10.3. The van der Waals surface area contributed by atoms with Gasteiger partial charge in [0.05, 0.1) is 11.0 Å². The number of aromatic amines is 1. The van der Waals surface area contributed by atoms with Crippen molar-refractivity contribution in [1.29, 1.82) is 0 Å². The fraction of sp³-hybridized carbons (Fsp3) is 0.0909. The van der Waals surface area contributed by atoms with Crippen LogP contribution in [-0.2, 0) is 7.05 Å². The van der Waals surface area contributed by atoms with Gasteiger partial charge in [0.2, 0.25) is 0 Å². The molecule has 4 nitrogen and oxygen atoms in total. The number of nitrogens with zero attached hydrogens (tertiary/aromatic N) is 3. The topological polar surface area (TPSA) is 46.5 Å². The smallest absolute Gasteiger partial charge is 0.156 e. The van der Waals surface area contributed by atoms with E-state index < -0.39 is 0 Å². The van der Waals surface area contributed by atoms with E-state index in [2.05, 4.69) is 15.1 Å². The Kier molecular flexibility index (Phi) is 1.62. The van der Waals surface area contributed by atoms with Crippen LogP contribution in [0.4, 0.5) is 0 Å². The first-order valence-electron chi connectivity index (χ1n) is 4.78. The predicted molar refractivity (Wildman–Crippen MR) is 58.3 cm³/mol. The number of rotatable bonds is 1. The molecule has 0 aliphatic carbocycles. The molecule has 0 atom stereocenters. The summed E-state index contributed by atoms with van der Waals surface area (Å²) in [7, 11) is 1.91. The Morgan fingerprint density at radius 2 is 2.07 bits per heavy atom. The molecule has 0 saturated heterocycles. The maximum absolute atomic E-state index is 4.50. The number of hydrogen-bond donors (Lipinski definition) is 1. The van der Waals surface area contributed by atoms with Gasteiger partial charge in [-0.15, -0.1) is 0 Å². The fourth-order valence-electron chi connectivity index (χ4n) is 1.68. The molecule has 0 saturated carbocycles. The summed E-state index contributed by atoms with van der Waals surface area (Å²) in [6, 6.07) is 9.93. The van der Waals surface area contributed by atoms with E-state index in [-0.39, 0.29) is 0 Å². The van der Waals surface area contributed by atoms with Crippen LogP contribution >= 0.6 is 0 Å². The van der Waals surface area contributed by atoms with Gasteiger partial charge in [-0.05, 0) is 18.2 Å². The minimum Gasteiger partial charge on any atom is -0.337 e. The van der Waals surface area contributed by atoms with E-state index in [0.717, 1.165) is 22.6 Å². The van der Waals surface area contributed by atoms with Gasteiger partial charge in [-0.25, -0.2) is 4.98 Å². The fourth-order valence-corrected chi connectivity index (χ4v) is 1.68. The zero-order valence-corrected chi connectivity index (χ0v) is 8.31. The van der Waals surface area contributed by atoms with Gasteiger partial charge in [0, 0.05) is 13.2 Å². The lowest BCUT2D eigenvalue weighted by Gasteiger charge is -1.95. The maximum Gasteiger partial charge on any atom is 0.156 e. The zero-order valence-electron chi connectivity index (χ0n) is 8.31. The molecule has 0 radical (unpaired) electrons. The molecule has 3 aromatic rings. The van der Waals surface area contributed by atoms with Crippen molar-refractivity contribution in [3.8, 4) is 11.5 Å². The minimum atomic E-state index is 0.858. The molecule has 15 heavy (non-hydrogen) atoms. The van der Waals surface area contributed by atoms with Gasteiger partial charge in [-0.1, -0.05) is 12.1 Å². The van der Waals surface area contributed by atoms with E-state index in [1.54, 1.807) is 10.9 Å². The molecule has 0 aliphatic rings. The van der Waals surface area contributed by atoms with Crippen LogP contribution in [0.5, 0.6) is 0 Å². The molecule has 0 aliphatic heterocycles. The van der Waals surface area contributed by atoms with Crippen LogP contribution in [0.3, 0.4) is 0 Å². The Bertz CT molecular complexity index is 573. The summed E-state index contributed by atoms with van der Waals surface area (Å²) >= 11 is 0. The number of para-hydroxylation sites is 2. The van der Waals surface area contributed by atoms with Crippen molar-refractivity contribution in [2.45, 2.75) is 0 Å². The highest BCUT2D eigenvalue weighted by Crippen LogP contribution is 2.18. The molecule has 1 aromatic carbocycles. The first-order chi connectivity index (χ1) is 7.34. The average Bonchev–Trinajstić information content (AvgIpc) is 2.82. The summed E-state index contributed by atoms with van der Waals surface area (Å²) < 4.78 is 1.80. The van der Waals surface area contributed by atoms with Crippen molar-refractivity contribution in [2.24, 2.45) is 7.05 Å². The maximum atomic E-state index is 4.50. The van der Waals surface area contributed by atoms with Crippen LogP contribution in [0.1, 0.15) is 0 Å². The quantitative estimate of drug-likeness (QED) is 0.649. The molecule has 0 bridgehead atoms. The van der Waals surface area contributed by atoms with Gasteiger partial charge < -0.3 is 4.98 Å². The molecule has 0 amide bonds. The Balaban J connectivity index is 2.24. The SMILES string of the molecule is Cn1nccc1-c1nc2ccccc2[nH]1. The van der Waals surface area contributed by atoms with Crippen molar-refractivity contribution in [3.05, 3.63) is 36.5 Å². The predicted octanol–water partition coefficient (Wildman–Crippen LogP) is 1.96. The molecule has 3 rings (SSSR count). The summed E-state index contributed by atoms with van der Waals surface area (Å²) in [5.74, 6) is 0.858. The Morgan fingerprint density at radius 1 is 1.20 bits per heavy atom. The second-order valence-electron chi connectivity index (χ2n) is 3.44. The van der Waals surface area contributed by atoms with E-state index >= 15 is 0 Å². The molecule has 74 valence electrons. The van der Waals surface area contributed by atoms with Gasteiger partial charge in [0.15, 0.2) is 5.82 Å². The van der Waals surface area contributed by atoms with Gasteiger partial charge in [0.25, 0.3) is 0 Å². The molecule has 0 spiro atoms. The number of aryl methyl sites for hydroxylation is 1. The van der Waals surface area contributed by atoms with Gasteiger partial charge in [0.1, 0.15) is 5.69 Å². The van der Waals surface area contributed by atoms with Crippen LogP contribution in [0.25, 0.3) is 22.6 Å². The van der Waals surface area contributed by atoms with E-state index in [4.69, 9.17) is 0 Å². The first-order valence-corrected chi connectivity index (χ1v) is 4.78. The van der Waals surface area contributed by atoms with Crippen molar-refractivity contribution in [2.75, 3.05) is 0 Å². The molecule has 2 aromatic heterocycles. The van der Waals surface area contributed by atoms with E-state index in [1.807, 2.05) is 37.4 Å². The van der Waals surface area contributed by atoms with Crippen LogP contribution in [0.15, 0.2) is 36.5 Å². The number of H-pyrrole nitrogens is 1. The molecule has 0 fully saturated rings. The molecule has 4 heteroatoms. The van der Waals surface area contributed by atoms with Crippen molar-refractivity contribution in [3.63, 3.8) is 0 Å². The highest BCUT2D eigenvalue weighted by atomic mass is 15.3. The summed E-state index contributed by atoms with van der Waals surface area (Å²) in [5, 5.41) is 4.12. The molecule has 0 unspecified atom stereocenters. The van der Waals surface area contributed by atoms with Gasteiger partial charge >= 0.3 is 0 Å². The zero-order chi connectivity index (χ0) is 10.3. The average molecular weight is 198 g/mol. The monoisotopic (exact) mass is 198 g/mol. The second-order valence-corrected chi connectivity index (χ2v) is 3.44. The molecule has 1 N–H and O–H groups in total. The highest BCUT2D eigenvalue weighted by molar-refractivity contribution is 5.78. The third-order valence-corrected chi connectivity index (χ3v) is 2.45. The van der Waals surface area contributed by atoms with E-state index in [1.165, 1.54) is 0 Å². The molecular weight excluding hydrogens is 188 g/mol. The summed E-state index contributed by atoms with van der Waals surface area (Å²) in [6.07, 6.45) is 1.77. The standard InChI is InChI=1S/C11H10N4/c1-15-10(6-7-12-15)11-13-8-4-2-3-5-9(8)14-11/h2-7H,1H3,(H,13,14). The third-order valence-electron chi connectivity index (χ3n) is 2.45. The van der Waals surface area contributed by atoms with Crippen LogP contribution in [-0.4, -0.2) is 19.7 Å². The summed E-state index contributed by atoms with van der Waals surface area (Å²) in [5.41, 5.74) is 3.02. The highest BCUT2D eigenvalue weighted by Gasteiger charge is 2.07. The number of fused-ring (bicyclic) bond motifs is 1. The second kappa shape index (κ2) is 2.95. The lowest BCUT2D eigenvalue weighted by molar-refractivity contribution is 0.771. The Hall–Kier alpha value is -2.10. The normalized spacial score (nSPS) is 11.0. The van der Waals surface area contributed by atoms with E-state index in [0.29, 0.717) is 0 Å². The Labute approximate surface area is 86.6 Å². The molecular formula is C11H10N4. The summed E-state index contributed by atoms with van der Waals surface area (Å²) in [6.45, 7) is 0. The lowest BCUT2D eigenvalue weighted by Crippen LogP contribution is -1.94. The van der Waals surface area contributed by atoms with Crippen molar-refractivity contribution >= 4 is 11.0 Å². The number of hydrogen-bond acceptors (Lipinski definition) is 2. The van der Waals surface area contributed by atoms with E-state index in [9.17, 15) is 0 Å². The minimum absolute atomic E-state index is 0.858. The van der Waals surface area contributed by atoms with Crippen molar-refractivity contribution in [1.82, 2.24) is 19.7 Å². The largest absolute Gasteiger partial charge is 0.337 e. The summed E-state index contributed by atoms with van der Waals surface area (Å²) in [4.78, 5) is 7.77. The first kappa shape index (κ1) is 8.23. The number of aromatic nitrogens is 4. The van der Waals surface area contributed by atoms with Gasteiger partial charge in [-0.3, -0.25) is 4.68 Å². The van der Waals surface area contributed by atoms with Gasteiger partial charge in [-0.2, -0.15) is 5.10 Å². The van der Waals surface area contributed by atoms with Crippen LogP contribution in [0.2, 0.25) is 0 Å². The molecule has 2 heterocycles. The van der Waals surface area contributed by atoms with Crippen LogP contribution < -0.4 is 0 Å². The number of imidazole rings is 1. The van der Waals surface area contributed by atoms with Crippen molar-refractivity contribution < 1.29 is 0 Å². The Morgan fingerprint density at radius 3 is 2.80 bits per heavy atom.